The first-order chi connectivity index (χ1) is 14.7. The third-order valence-electron chi connectivity index (χ3n) is 4.55. The molecule has 3 aromatic rings. The van der Waals surface area contributed by atoms with E-state index in [-0.39, 0.29) is 23.3 Å². The number of hydrogen-bond donors (Lipinski definition) is 1. The largest absolute Gasteiger partial charge is 0.350 e. The topological polar surface area (TPSA) is 92.3 Å². The highest BCUT2D eigenvalue weighted by Crippen LogP contribution is 2.26. The Hall–Kier alpha value is -2.36. The molecule has 0 atom stereocenters. The van der Waals surface area contributed by atoms with Gasteiger partial charge in [-0.05, 0) is 24.0 Å². The average molecular weight is 461 g/mol. The minimum absolute atomic E-state index is 0.103. The summed E-state index contributed by atoms with van der Waals surface area (Å²) in [7, 11) is -3.82. The number of amides is 1. The molecule has 0 bridgehead atoms. The summed E-state index contributed by atoms with van der Waals surface area (Å²) in [6.45, 7) is 8.97. The van der Waals surface area contributed by atoms with E-state index in [1.165, 1.54) is 15.6 Å². The standard InChI is InChI=1S/C22H28N4O3S2/c1-15(2)11-24-22(27)18-14-30-20(25-18)13-26(12-16(3)4)31(28,29)19-9-5-7-17-8-6-10-23-21(17)19/h5-10,14-16H,11-13H2,1-4H3,(H,24,27). The molecule has 0 fully saturated rings. The van der Waals surface area contributed by atoms with Crippen LogP contribution in [0.4, 0.5) is 0 Å². The van der Waals surface area contributed by atoms with E-state index in [9.17, 15) is 13.2 Å². The number of benzene rings is 1. The number of para-hydroxylation sites is 1. The van der Waals surface area contributed by atoms with E-state index in [2.05, 4.69) is 15.3 Å². The van der Waals surface area contributed by atoms with Crippen molar-refractivity contribution in [3.8, 4) is 0 Å². The van der Waals surface area contributed by atoms with Gasteiger partial charge in [0.1, 0.15) is 15.6 Å². The summed E-state index contributed by atoms with van der Waals surface area (Å²) in [6, 6.07) is 8.79. The molecule has 166 valence electrons. The normalized spacial score (nSPS) is 12.2. The van der Waals surface area contributed by atoms with Crippen LogP contribution in [-0.2, 0) is 16.6 Å². The van der Waals surface area contributed by atoms with Crippen LogP contribution in [0.15, 0.2) is 46.8 Å². The summed E-state index contributed by atoms with van der Waals surface area (Å²) in [4.78, 5) is 21.2. The van der Waals surface area contributed by atoms with Crippen LogP contribution in [0.5, 0.6) is 0 Å². The zero-order valence-electron chi connectivity index (χ0n) is 18.2. The number of nitrogens with zero attached hydrogens (tertiary/aromatic N) is 3. The molecule has 2 heterocycles. The van der Waals surface area contributed by atoms with E-state index in [0.29, 0.717) is 35.2 Å². The molecular formula is C22H28N4O3S2. The van der Waals surface area contributed by atoms with Gasteiger partial charge in [0.2, 0.25) is 10.0 Å². The van der Waals surface area contributed by atoms with Gasteiger partial charge >= 0.3 is 0 Å². The molecule has 0 aliphatic carbocycles. The van der Waals surface area contributed by atoms with Crippen LogP contribution in [0, 0.1) is 11.8 Å². The zero-order valence-corrected chi connectivity index (χ0v) is 19.8. The molecule has 1 aromatic carbocycles. The molecule has 1 amide bonds. The second-order valence-corrected chi connectivity index (χ2v) is 11.1. The van der Waals surface area contributed by atoms with Crippen LogP contribution >= 0.6 is 11.3 Å². The maximum absolute atomic E-state index is 13.6. The van der Waals surface area contributed by atoms with E-state index in [4.69, 9.17) is 0 Å². The molecule has 0 unspecified atom stereocenters. The molecule has 7 nitrogen and oxygen atoms in total. The molecule has 31 heavy (non-hydrogen) atoms. The fourth-order valence-corrected chi connectivity index (χ4v) is 5.71. The maximum Gasteiger partial charge on any atom is 0.270 e. The summed E-state index contributed by atoms with van der Waals surface area (Å²) in [5.74, 6) is 0.210. The minimum atomic E-state index is -3.82. The molecule has 0 saturated carbocycles. The predicted octanol–water partition coefficient (Wildman–Crippen LogP) is 3.92. The number of fused-ring (bicyclic) bond motifs is 1. The highest BCUT2D eigenvalue weighted by molar-refractivity contribution is 7.89. The molecule has 0 saturated heterocycles. The van der Waals surface area contributed by atoms with Gasteiger partial charge in [-0.25, -0.2) is 13.4 Å². The molecule has 0 spiro atoms. The van der Waals surface area contributed by atoms with Gasteiger partial charge in [0.05, 0.1) is 12.1 Å². The Balaban J connectivity index is 1.89. The Morgan fingerprint density at radius 1 is 1.13 bits per heavy atom. The van der Waals surface area contributed by atoms with Crippen molar-refractivity contribution in [1.29, 1.82) is 0 Å². The smallest absolute Gasteiger partial charge is 0.270 e. The van der Waals surface area contributed by atoms with Crippen LogP contribution in [0.2, 0.25) is 0 Å². The summed E-state index contributed by atoms with van der Waals surface area (Å²) in [5.41, 5.74) is 0.765. The highest BCUT2D eigenvalue weighted by Gasteiger charge is 2.28. The van der Waals surface area contributed by atoms with Gasteiger partial charge in [-0.15, -0.1) is 11.3 Å². The van der Waals surface area contributed by atoms with E-state index in [0.717, 1.165) is 5.39 Å². The lowest BCUT2D eigenvalue weighted by molar-refractivity contribution is 0.0944. The van der Waals surface area contributed by atoms with Crippen LogP contribution in [0.1, 0.15) is 43.2 Å². The third kappa shape index (κ3) is 5.66. The van der Waals surface area contributed by atoms with Gasteiger partial charge in [0.25, 0.3) is 5.91 Å². The number of carbonyl (C=O) groups is 1. The first kappa shape index (κ1) is 23.3. The molecule has 0 aliphatic rings. The maximum atomic E-state index is 13.6. The number of pyridine rings is 1. The Kier molecular flexibility index (Phi) is 7.40. The molecule has 1 N–H and O–H groups in total. The van der Waals surface area contributed by atoms with Crippen LogP contribution in [-0.4, -0.2) is 41.7 Å². The van der Waals surface area contributed by atoms with E-state index < -0.39 is 10.0 Å². The van der Waals surface area contributed by atoms with Crippen molar-refractivity contribution in [3.05, 3.63) is 52.6 Å². The lowest BCUT2D eigenvalue weighted by atomic mass is 10.2. The molecule has 0 aliphatic heterocycles. The zero-order chi connectivity index (χ0) is 22.6. The molecule has 9 heteroatoms. The van der Waals surface area contributed by atoms with Crippen molar-refractivity contribution in [2.45, 2.75) is 39.1 Å². The van der Waals surface area contributed by atoms with Crippen LogP contribution < -0.4 is 5.32 Å². The van der Waals surface area contributed by atoms with Gasteiger partial charge < -0.3 is 5.32 Å². The lowest BCUT2D eigenvalue weighted by Crippen LogP contribution is -2.34. The van der Waals surface area contributed by atoms with Crippen molar-refractivity contribution in [2.75, 3.05) is 13.1 Å². The summed E-state index contributed by atoms with van der Waals surface area (Å²) < 4.78 is 28.6. The fraction of sp³-hybridized carbons (Fsp3) is 0.409. The number of sulfonamides is 1. The van der Waals surface area contributed by atoms with E-state index in [1.807, 2.05) is 39.8 Å². The van der Waals surface area contributed by atoms with E-state index in [1.54, 1.807) is 29.8 Å². The SMILES string of the molecule is CC(C)CNC(=O)c1csc(CN(CC(C)C)S(=O)(=O)c2cccc3cccnc23)n1. The van der Waals surface area contributed by atoms with Gasteiger partial charge in [-0.1, -0.05) is 45.9 Å². The Morgan fingerprint density at radius 3 is 2.58 bits per heavy atom. The summed E-state index contributed by atoms with van der Waals surface area (Å²) in [5, 5.41) is 5.86. The second-order valence-electron chi connectivity index (χ2n) is 8.25. The van der Waals surface area contributed by atoms with Gasteiger partial charge in [-0.2, -0.15) is 4.31 Å². The van der Waals surface area contributed by atoms with Gasteiger partial charge in [-0.3, -0.25) is 9.78 Å². The summed E-state index contributed by atoms with van der Waals surface area (Å²) in [6.07, 6.45) is 1.59. The predicted molar refractivity (Wildman–Crippen MR) is 123 cm³/mol. The van der Waals surface area contributed by atoms with Crippen molar-refractivity contribution < 1.29 is 13.2 Å². The Morgan fingerprint density at radius 2 is 1.87 bits per heavy atom. The molecular weight excluding hydrogens is 432 g/mol. The lowest BCUT2D eigenvalue weighted by Gasteiger charge is -2.23. The first-order valence-electron chi connectivity index (χ1n) is 10.2. The van der Waals surface area contributed by atoms with Crippen molar-refractivity contribution in [2.24, 2.45) is 11.8 Å². The van der Waals surface area contributed by atoms with Gasteiger partial charge in [0.15, 0.2) is 0 Å². The van der Waals surface area contributed by atoms with Crippen molar-refractivity contribution >= 4 is 38.2 Å². The number of hydrogen-bond acceptors (Lipinski definition) is 6. The quantitative estimate of drug-likeness (QED) is 0.522. The second kappa shape index (κ2) is 9.84. The molecule has 2 aromatic heterocycles. The van der Waals surface area contributed by atoms with Crippen molar-refractivity contribution in [1.82, 2.24) is 19.6 Å². The average Bonchev–Trinajstić information content (AvgIpc) is 3.19. The Labute approximate surface area is 187 Å². The highest BCUT2D eigenvalue weighted by atomic mass is 32.2. The molecule has 0 radical (unpaired) electrons. The number of thiazole rings is 1. The van der Waals surface area contributed by atoms with Crippen LogP contribution in [0.3, 0.4) is 0 Å². The van der Waals surface area contributed by atoms with Crippen LogP contribution in [0.25, 0.3) is 10.9 Å². The summed E-state index contributed by atoms with van der Waals surface area (Å²) >= 11 is 1.29. The number of aromatic nitrogens is 2. The number of nitrogens with one attached hydrogen (secondary N) is 1. The fourth-order valence-electron chi connectivity index (χ4n) is 3.10. The number of rotatable bonds is 9. The Bertz CT molecular complexity index is 1150. The minimum Gasteiger partial charge on any atom is -0.350 e. The molecule has 3 rings (SSSR count). The number of carbonyl (C=O) groups excluding carboxylic acids is 1. The van der Waals surface area contributed by atoms with Gasteiger partial charge in [0, 0.05) is 30.1 Å². The van der Waals surface area contributed by atoms with Crippen molar-refractivity contribution in [3.63, 3.8) is 0 Å². The third-order valence-corrected chi connectivity index (χ3v) is 7.23. The van der Waals surface area contributed by atoms with E-state index >= 15 is 0 Å². The first-order valence-corrected chi connectivity index (χ1v) is 12.6. The monoisotopic (exact) mass is 460 g/mol.